The lowest BCUT2D eigenvalue weighted by atomic mass is 9.95. The zero-order valence-corrected chi connectivity index (χ0v) is 11.5. The van der Waals surface area contributed by atoms with Crippen LogP contribution in [0.4, 0.5) is 0 Å². The molecule has 18 heavy (non-hydrogen) atoms. The Hall–Kier alpha value is -0.930. The summed E-state index contributed by atoms with van der Waals surface area (Å²) < 4.78 is 1.29. The highest BCUT2D eigenvalue weighted by molar-refractivity contribution is 7.18. The molecule has 2 N–H and O–H groups in total. The molecule has 0 saturated heterocycles. The van der Waals surface area contributed by atoms with Crippen LogP contribution in [0.15, 0.2) is 24.3 Å². The highest BCUT2D eigenvalue weighted by atomic mass is 32.1. The molecule has 1 aromatic heterocycles. The van der Waals surface area contributed by atoms with Crippen LogP contribution >= 0.6 is 11.3 Å². The quantitative estimate of drug-likeness (QED) is 0.909. The van der Waals surface area contributed by atoms with E-state index in [4.69, 9.17) is 5.73 Å². The average Bonchev–Trinajstić information content (AvgIpc) is 3.04. The minimum atomic E-state index is 0.375. The number of nitrogens with zero attached hydrogens (tertiary/aromatic N) is 1. The van der Waals surface area contributed by atoms with Gasteiger partial charge in [0.05, 0.1) is 15.2 Å². The van der Waals surface area contributed by atoms with Gasteiger partial charge in [-0.2, -0.15) is 0 Å². The lowest BCUT2D eigenvalue weighted by molar-refractivity contribution is 0.410. The van der Waals surface area contributed by atoms with Crippen molar-refractivity contribution in [1.82, 2.24) is 4.98 Å². The van der Waals surface area contributed by atoms with E-state index in [1.54, 1.807) is 0 Å². The van der Waals surface area contributed by atoms with Gasteiger partial charge in [-0.1, -0.05) is 25.0 Å². The third-order valence-corrected chi connectivity index (χ3v) is 5.13. The number of aryl methyl sites for hydroxylation is 1. The zero-order chi connectivity index (χ0) is 12.4. The average molecular weight is 260 g/mol. The first-order valence-electron chi connectivity index (χ1n) is 6.93. The molecule has 1 aliphatic carbocycles. The van der Waals surface area contributed by atoms with E-state index in [1.807, 2.05) is 11.3 Å². The van der Waals surface area contributed by atoms with Crippen LogP contribution in [0.1, 0.15) is 37.1 Å². The van der Waals surface area contributed by atoms with Crippen molar-refractivity contribution in [3.63, 3.8) is 0 Å². The van der Waals surface area contributed by atoms with Crippen molar-refractivity contribution in [2.75, 3.05) is 0 Å². The predicted octanol–water partition coefficient (Wildman–Crippen LogP) is 3.75. The van der Waals surface area contributed by atoms with E-state index in [2.05, 4.69) is 29.2 Å². The molecule has 96 valence electrons. The second-order valence-electron chi connectivity index (χ2n) is 5.32. The molecule has 0 bridgehead atoms. The van der Waals surface area contributed by atoms with Crippen molar-refractivity contribution in [1.29, 1.82) is 0 Å². The Morgan fingerprint density at radius 2 is 2.06 bits per heavy atom. The maximum absolute atomic E-state index is 6.30. The molecule has 3 rings (SSSR count). The van der Waals surface area contributed by atoms with Gasteiger partial charge in [-0.25, -0.2) is 4.98 Å². The molecule has 0 spiro atoms. The maximum Gasteiger partial charge on any atom is 0.0939 e. The Morgan fingerprint density at radius 3 is 2.83 bits per heavy atom. The first-order chi connectivity index (χ1) is 8.83. The molecule has 0 amide bonds. The Bertz CT molecular complexity index is 481. The third-order valence-electron chi connectivity index (χ3n) is 4.04. The van der Waals surface area contributed by atoms with E-state index >= 15 is 0 Å². The number of hydrogen-bond donors (Lipinski definition) is 1. The summed E-state index contributed by atoms with van der Waals surface area (Å²) in [6.07, 6.45) is 7.54. The predicted molar refractivity (Wildman–Crippen MR) is 77.9 cm³/mol. The summed E-state index contributed by atoms with van der Waals surface area (Å²) in [6, 6.07) is 8.74. The van der Waals surface area contributed by atoms with Gasteiger partial charge >= 0.3 is 0 Å². The molecule has 1 aromatic carbocycles. The molecule has 1 aliphatic rings. The Morgan fingerprint density at radius 1 is 1.28 bits per heavy atom. The number of nitrogens with two attached hydrogens (primary N) is 1. The topological polar surface area (TPSA) is 38.9 Å². The first kappa shape index (κ1) is 12.1. The van der Waals surface area contributed by atoms with Crippen molar-refractivity contribution in [3.8, 4) is 0 Å². The fraction of sp³-hybridized carbons (Fsp3) is 0.533. The molecule has 1 atom stereocenters. The summed E-state index contributed by atoms with van der Waals surface area (Å²) in [5.41, 5.74) is 7.43. The van der Waals surface area contributed by atoms with Gasteiger partial charge in [0, 0.05) is 12.5 Å². The van der Waals surface area contributed by atoms with Crippen LogP contribution in [0, 0.1) is 5.92 Å². The monoisotopic (exact) mass is 260 g/mol. The fourth-order valence-electron chi connectivity index (χ4n) is 2.94. The van der Waals surface area contributed by atoms with Crippen LogP contribution in [-0.2, 0) is 6.42 Å². The summed E-state index contributed by atoms with van der Waals surface area (Å²) in [6.45, 7) is 0. The number of rotatable bonds is 4. The molecule has 2 aromatic rings. The molecule has 3 heteroatoms. The van der Waals surface area contributed by atoms with Crippen LogP contribution < -0.4 is 5.73 Å². The van der Waals surface area contributed by atoms with Crippen LogP contribution in [0.2, 0.25) is 0 Å². The van der Waals surface area contributed by atoms with Gasteiger partial charge in [-0.05, 0) is 37.3 Å². The number of fused-ring (bicyclic) bond motifs is 1. The standard InChI is InChI=1S/C15H20N2S/c16-12(11-5-1-2-6-11)9-10-15-17-13-7-3-4-8-14(13)18-15/h3-4,7-8,11-12H,1-2,5-6,9-10,16H2. The minimum absolute atomic E-state index is 0.375. The Kier molecular flexibility index (Phi) is 3.62. The fourth-order valence-corrected chi connectivity index (χ4v) is 3.92. The number of benzene rings is 1. The largest absolute Gasteiger partial charge is 0.327 e. The van der Waals surface area contributed by atoms with E-state index in [0.29, 0.717) is 6.04 Å². The van der Waals surface area contributed by atoms with Gasteiger partial charge in [0.25, 0.3) is 0 Å². The highest BCUT2D eigenvalue weighted by Gasteiger charge is 2.21. The van der Waals surface area contributed by atoms with E-state index in [-0.39, 0.29) is 0 Å². The highest BCUT2D eigenvalue weighted by Crippen LogP contribution is 2.29. The smallest absolute Gasteiger partial charge is 0.0939 e. The Balaban J connectivity index is 1.62. The minimum Gasteiger partial charge on any atom is -0.327 e. The maximum atomic E-state index is 6.30. The Labute approximate surface area is 112 Å². The molecule has 1 fully saturated rings. The summed E-state index contributed by atoms with van der Waals surface area (Å²) in [5, 5.41) is 1.24. The molecule has 2 nitrogen and oxygen atoms in total. The van der Waals surface area contributed by atoms with Crippen LogP contribution in [0.3, 0.4) is 0 Å². The van der Waals surface area contributed by atoms with Crippen LogP contribution in [0.5, 0.6) is 0 Å². The van der Waals surface area contributed by atoms with Crippen molar-refractivity contribution in [2.24, 2.45) is 11.7 Å². The molecular formula is C15H20N2S. The molecule has 0 radical (unpaired) electrons. The van der Waals surface area contributed by atoms with Gasteiger partial charge < -0.3 is 5.73 Å². The van der Waals surface area contributed by atoms with E-state index < -0.39 is 0 Å². The lowest BCUT2D eigenvalue weighted by Gasteiger charge is -2.17. The van der Waals surface area contributed by atoms with Crippen LogP contribution in [0.25, 0.3) is 10.2 Å². The van der Waals surface area contributed by atoms with Gasteiger partial charge in [0.15, 0.2) is 0 Å². The van der Waals surface area contributed by atoms with Crippen molar-refractivity contribution in [3.05, 3.63) is 29.3 Å². The molecule has 1 unspecified atom stereocenters. The normalized spacial score (nSPS) is 18.5. The summed E-state index contributed by atoms with van der Waals surface area (Å²) >= 11 is 1.82. The van der Waals surface area contributed by atoms with E-state index in [0.717, 1.165) is 24.3 Å². The second-order valence-corrected chi connectivity index (χ2v) is 6.44. The number of aromatic nitrogens is 1. The summed E-state index contributed by atoms with van der Waals surface area (Å²) in [5.74, 6) is 0.763. The molecule has 1 saturated carbocycles. The third kappa shape index (κ3) is 2.57. The SMILES string of the molecule is NC(CCc1nc2ccccc2s1)C1CCCC1. The van der Waals surface area contributed by atoms with Gasteiger partial charge in [-0.15, -0.1) is 11.3 Å². The zero-order valence-electron chi connectivity index (χ0n) is 10.6. The number of para-hydroxylation sites is 1. The van der Waals surface area contributed by atoms with Gasteiger partial charge in [0.2, 0.25) is 0 Å². The first-order valence-corrected chi connectivity index (χ1v) is 7.74. The summed E-state index contributed by atoms with van der Waals surface area (Å²) in [4.78, 5) is 4.67. The van der Waals surface area contributed by atoms with Crippen LogP contribution in [-0.4, -0.2) is 11.0 Å². The van der Waals surface area contributed by atoms with Gasteiger partial charge in [0.1, 0.15) is 0 Å². The summed E-state index contributed by atoms with van der Waals surface area (Å²) in [7, 11) is 0. The van der Waals surface area contributed by atoms with Gasteiger partial charge in [-0.3, -0.25) is 0 Å². The van der Waals surface area contributed by atoms with Crippen molar-refractivity contribution < 1.29 is 0 Å². The number of hydrogen-bond acceptors (Lipinski definition) is 3. The second kappa shape index (κ2) is 5.37. The molecule has 1 heterocycles. The van der Waals surface area contributed by atoms with E-state index in [1.165, 1.54) is 35.4 Å². The lowest BCUT2D eigenvalue weighted by Crippen LogP contribution is -2.28. The van der Waals surface area contributed by atoms with E-state index in [9.17, 15) is 0 Å². The molecular weight excluding hydrogens is 240 g/mol. The van der Waals surface area contributed by atoms with Crippen molar-refractivity contribution >= 4 is 21.6 Å². The molecule has 0 aliphatic heterocycles. The number of thiazole rings is 1. The van der Waals surface area contributed by atoms with Crippen molar-refractivity contribution in [2.45, 2.75) is 44.6 Å².